The molecule has 1 aromatic heterocycles. The van der Waals surface area contributed by atoms with Gasteiger partial charge in [0.05, 0.1) is 0 Å². The molecule has 0 spiro atoms. The molecule has 4 aromatic rings. The minimum absolute atomic E-state index is 0.102. The number of rotatable bonds is 4. The largest absolute Gasteiger partial charge is 0.573 e. The van der Waals surface area contributed by atoms with E-state index < -0.39 is 12.4 Å². The Bertz CT molecular complexity index is 1360. The Morgan fingerprint density at radius 1 is 0.941 bits per heavy atom. The molecule has 0 bridgehead atoms. The SMILES string of the molecule is Cc1ccc(-c2nc3n(n2)C(c2ccccc2OC(F)(F)F)C=C(c2ccc(O)cc2)N3)cc1. The van der Waals surface area contributed by atoms with Gasteiger partial charge in [-0.15, -0.1) is 18.3 Å². The van der Waals surface area contributed by atoms with Crippen LogP contribution >= 0.6 is 0 Å². The first-order valence-corrected chi connectivity index (χ1v) is 10.4. The molecule has 172 valence electrons. The Hall–Kier alpha value is -4.27. The molecule has 1 atom stereocenters. The van der Waals surface area contributed by atoms with Crippen LogP contribution in [-0.4, -0.2) is 26.2 Å². The number of allylic oxidation sites excluding steroid dienone is 1. The fraction of sp³-hybridized carbons (Fsp3) is 0.120. The smallest absolute Gasteiger partial charge is 0.508 e. The van der Waals surface area contributed by atoms with Crippen molar-refractivity contribution in [3.05, 3.63) is 95.6 Å². The number of hydrogen-bond acceptors (Lipinski definition) is 5. The molecule has 0 saturated carbocycles. The van der Waals surface area contributed by atoms with Gasteiger partial charge in [0.1, 0.15) is 17.5 Å². The summed E-state index contributed by atoms with van der Waals surface area (Å²) in [6, 6.07) is 19.4. The molecule has 2 heterocycles. The molecule has 0 amide bonds. The number of nitrogens with zero attached hydrogens (tertiary/aromatic N) is 3. The fourth-order valence-electron chi connectivity index (χ4n) is 3.79. The number of aromatic hydroxyl groups is 1. The number of hydrogen-bond donors (Lipinski definition) is 2. The molecule has 2 N–H and O–H groups in total. The van der Waals surface area contributed by atoms with Crippen molar-refractivity contribution in [2.45, 2.75) is 19.3 Å². The highest BCUT2D eigenvalue weighted by atomic mass is 19.4. The summed E-state index contributed by atoms with van der Waals surface area (Å²) in [5.74, 6) is 0.585. The van der Waals surface area contributed by atoms with Crippen molar-refractivity contribution in [1.82, 2.24) is 14.8 Å². The van der Waals surface area contributed by atoms with Crippen LogP contribution in [0.2, 0.25) is 0 Å². The fourth-order valence-corrected chi connectivity index (χ4v) is 3.79. The third-order valence-electron chi connectivity index (χ3n) is 5.42. The summed E-state index contributed by atoms with van der Waals surface area (Å²) in [6.45, 7) is 1.97. The number of aromatic nitrogens is 3. The minimum Gasteiger partial charge on any atom is -0.508 e. The van der Waals surface area contributed by atoms with Crippen molar-refractivity contribution in [3.8, 4) is 22.9 Å². The summed E-state index contributed by atoms with van der Waals surface area (Å²) < 4.78 is 45.2. The lowest BCUT2D eigenvalue weighted by Crippen LogP contribution is -2.23. The third-order valence-corrected chi connectivity index (χ3v) is 5.42. The highest BCUT2D eigenvalue weighted by molar-refractivity contribution is 5.78. The Kier molecular flexibility index (Phi) is 5.24. The number of fused-ring (bicyclic) bond motifs is 1. The molecular weight excluding hydrogens is 445 g/mol. The maximum absolute atomic E-state index is 13.1. The topological polar surface area (TPSA) is 72.2 Å². The Balaban J connectivity index is 1.64. The number of benzene rings is 3. The average Bonchev–Trinajstić information content (AvgIpc) is 3.23. The zero-order valence-corrected chi connectivity index (χ0v) is 17.9. The lowest BCUT2D eigenvalue weighted by molar-refractivity contribution is -0.275. The molecule has 1 aliphatic heterocycles. The highest BCUT2D eigenvalue weighted by Crippen LogP contribution is 2.39. The second-order valence-corrected chi connectivity index (χ2v) is 7.85. The van der Waals surface area contributed by atoms with E-state index in [1.165, 1.54) is 28.9 Å². The molecule has 1 unspecified atom stereocenters. The molecule has 3 aromatic carbocycles. The number of ether oxygens (including phenoxy) is 1. The van der Waals surface area contributed by atoms with Gasteiger partial charge in [-0.1, -0.05) is 48.0 Å². The van der Waals surface area contributed by atoms with Gasteiger partial charge in [-0.2, -0.15) is 4.98 Å². The number of aryl methyl sites for hydroxylation is 1. The predicted octanol–water partition coefficient (Wildman–Crippen LogP) is 5.91. The van der Waals surface area contributed by atoms with Crippen LogP contribution in [0.3, 0.4) is 0 Å². The van der Waals surface area contributed by atoms with E-state index >= 15 is 0 Å². The summed E-state index contributed by atoms with van der Waals surface area (Å²) in [6.07, 6.45) is -3.09. The summed E-state index contributed by atoms with van der Waals surface area (Å²) in [7, 11) is 0. The average molecular weight is 464 g/mol. The molecule has 34 heavy (non-hydrogen) atoms. The molecule has 0 fully saturated rings. The summed E-state index contributed by atoms with van der Waals surface area (Å²) in [4.78, 5) is 4.61. The van der Waals surface area contributed by atoms with Crippen molar-refractivity contribution >= 4 is 11.6 Å². The number of halogens is 3. The van der Waals surface area contributed by atoms with Crippen LogP contribution in [0.1, 0.15) is 22.7 Å². The quantitative estimate of drug-likeness (QED) is 0.393. The van der Waals surface area contributed by atoms with Gasteiger partial charge < -0.3 is 15.2 Å². The van der Waals surface area contributed by atoms with E-state index in [2.05, 4.69) is 20.1 Å². The maximum atomic E-state index is 13.1. The van der Waals surface area contributed by atoms with Gasteiger partial charge in [-0.3, -0.25) is 0 Å². The molecule has 0 radical (unpaired) electrons. The van der Waals surface area contributed by atoms with E-state index in [9.17, 15) is 18.3 Å². The van der Waals surface area contributed by atoms with E-state index in [-0.39, 0.29) is 17.1 Å². The predicted molar refractivity (Wildman–Crippen MR) is 121 cm³/mol. The first-order valence-electron chi connectivity index (χ1n) is 10.4. The van der Waals surface area contributed by atoms with Crippen LogP contribution in [0.5, 0.6) is 11.5 Å². The van der Waals surface area contributed by atoms with Crippen molar-refractivity contribution in [3.63, 3.8) is 0 Å². The second kappa shape index (κ2) is 8.26. The van der Waals surface area contributed by atoms with Crippen LogP contribution in [0.4, 0.5) is 19.1 Å². The summed E-state index contributed by atoms with van der Waals surface area (Å²) >= 11 is 0. The van der Waals surface area contributed by atoms with Gasteiger partial charge in [0.2, 0.25) is 5.95 Å². The molecule has 0 saturated heterocycles. The van der Waals surface area contributed by atoms with Crippen molar-refractivity contribution in [2.75, 3.05) is 5.32 Å². The van der Waals surface area contributed by atoms with Gasteiger partial charge in [-0.25, -0.2) is 4.68 Å². The van der Waals surface area contributed by atoms with Gasteiger partial charge in [0, 0.05) is 16.8 Å². The van der Waals surface area contributed by atoms with E-state index in [0.717, 1.165) is 16.7 Å². The number of anilines is 1. The number of phenols is 1. The van der Waals surface area contributed by atoms with Crippen LogP contribution in [-0.2, 0) is 0 Å². The van der Waals surface area contributed by atoms with Gasteiger partial charge in [0.25, 0.3) is 0 Å². The van der Waals surface area contributed by atoms with Crippen LogP contribution in [0.25, 0.3) is 17.1 Å². The monoisotopic (exact) mass is 464 g/mol. The standard InChI is InChI=1S/C25H19F3N4O2/c1-15-6-8-17(9-7-15)23-30-24-29-20(16-10-12-18(33)13-11-16)14-21(32(24)31-23)19-4-2-3-5-22(19)34-25(26,27)28/h2-14,21,33H,1H3,(H,29,30,31). The van der Waals surface area contributed by atoms with E-state index in [1.54, 1.807) is 30.3 Å². The van der Waals surface area contributed by atoms with Crippen LogP contribution in [0, 0.1) is 6.92 Å². The van der Waals surface area contributed by atoms with Crippen molar-refractivity contribution in [2.24, 2.45) is 0 Å². The van der Waals surface area contributed by atoms with E-state index in [4.69, 9.17) is 0 Å². The van der Waals surface area contributed by atoms with E-state index in [0.29, 0.717) is 17.5 Å². The Labute approximate surface area is 193 Å². The molecule has 1 aliphatic rings. The zero-order chi connectivity index (χ0) is 23.9. The normalized spacial score (nSPS) is 15.3. The maximum Gasteiger partial charge on any atom is 0.573 e. The number of alkyl halides is 3. The molecular formula is C25H19F3N4O2. The van der Waals surface area contributed by atoms with Gasteiger partial charge in [0.15, 0.2) is 5.82 Å². The zero-order valence-electron chi connectivity index (χ0n) is 17.9. The lowest BCUT2D eigenvalue weighted by Gasteiger charge is -2.26. The minimum atomic E-state index is -4.84. The molecule has 6 nitrogen and oxygen atoms in total. The summed E-state index contributed by atoms with van der Waals surface area (Å²) in [5.41, 5.74) is 3.47. The molecule has 0 aliphatic carbocycles. The molecule has 5 rings (SSSR count). The highest BCUT2D eigenvalue weighted by Gasteiger charge is 2.34. The number of para-hydroxylation sites is 1. The van der Waals surface area contributed by atoms with Crippen LogP contribution < -0.4 is 10.1 Å². The second-order valence-electron chi connectivity index (χ2n) is 7.85. The summed E-state index contributed by atoms with van der Waals surface area (Å²) in [5, 5.41) is 17.5. The number of phenolic OH excluding ortho intramolecular Hbond substituents is 1. The Morgan fingerprint density at radius 3 is 2.32 bits per heavy atom. The lowest BCUT2D eigenvalue weighted by atomic mass is 10.0. The first-order chi connectivity index (χ1) is 16.3. The van der Waals surface area contributed by atoms with Crippen molar-refractivity contribution in [1.29, 1.82) is 0 Å². The first kappa shape index (κ1) is 21.6. The Morgan fingerprint density at radius 2 is 1.62 bits per heavy atom. The van der Waals surface area contributed by atoms with E-state index in [1.807, 2.05) is 31.2 Å². The van der Waals surface area contributed by atoms with Gasteiger partial charge in [-0.05, 0) is 48.9 Å². The third kappa shape index (κ3) is 4.32. The molecule has 9 heteroatoms. The van der Waals surface area contributed by atoms with Gasteiger partial charge >= 0.3 is 6.36 Å². The van der Waals surface area contributed by atoms with Crippen molar-refractivity contribution < 1.29 is 23.0 Å². The number of nitrogens with one attached hydrogen (secondary N) is 1. The van der Waals surface area contributed by atoms with Crippen LogP contribution in [0.15, 0.2) is 78.9 Å².